The molecule has 3 aromatic rings. The van der Waals surface area contributed by atoms with Gasteiger partial charge in [-0.3, -0.25) is 9.59 Å². The van der Waals surface area contributed by atoms with Crippen LogP contribution < -0.4 is 0 Å². The smallest absolute Gasteiger partial charge is 0.223 e. The van der Waals surface area contributed by atoms with E-state index in [1.165, 1.54) is 11.1 Å². The number of para-hydroxylation sites is 1. The largest absolute Gasteiger partial charge is 0.341 e. The monoisotopic (exact) mass is 387 g/mol. The third-order valence-corrected chi connectivity index (χ3v) is 5.49. The van der Waals surface area contributed by atoms with Gasteiger partial charge in [0, 0.05) is 43.8 Å². The van der Waals surface area contributed by atoms with Crippen molar-refractivity contribution in [2.24, 2.45) is 0 Å². The number of benzene rings is 2. The summed E-state index contributed by atoms with van der Waals surface area (Å²) in [6.45, 7) is 0.471. The Morgan fingerprint density at radius 3 is 2.66 bits per heavy atom. The number of hydrogen-bond donors (Lipinski definition) is 0. The Balaban J connectivity index is 1.31. The molecular formula is C24H25N3O2. The van der Waals surface area contributed by atoms with Crippen LogP contribution in [0.5, 0.6) is 0 Å². The molecule has 1 amide bonds. The number of amides is 1. The van der Waals surface area contributed by atoms with Crippen molar-refractivity contribution >= 4 is 11.7 Å². The van der Waals surface area contributed by atoms with Gasteiger partial charge in [0.2, 0.25) is 5.91 Å². The van der Waals surface area contributed by atoms with E-state index in [0.717, 1.165) is 36.1 Å². The zero-order valence-corrected chi connectivity index (χ0v) is 16.7. The van der Waals surface area contributed by atoms with Crippen molar-refractivity contribution in [3.8, 4) is 5.69 Å². The molecule has 0 atom stereocenters. The molecule has 0 radical (unpaired) electrons. The summed E-state index contributed by atoms with van der Waals surface area (Å²) in [4.78, 5) is 26.7. The van der Waals surface area contributed by atoms with Crippen LogP contribution in [0.4, 0.5) is 0 Å². The van der Waals surface area contributed by atoms with Crippen molar-refractivity contribution in [1.82, 2.24) is 14.7 Å². The zero-order chi connectivity index (χ0) is 20.2. The minimum atomic E-state index is -0.0352. The summed E-state index contributed by atoms with van der Waals surface area (Å²) in [5.41, 5.74) is 5.30. The highest BCUT2D eigenvalue weighted by atomic mass is 16.2. The molecule has 0 saturated heterocycles. The Morgan fingerprint density at radius 2 is 1.83 bits per heavy atom. The lowest BCUT2D eigenvalue weighted by molar-refractivity contribution is -0.130. The Bertz CT molecular complexity index is 1020. The molecule has 1 aromatic heterocycles. The lowest BCUT2D eigenvalue weighted by Gasteiger charge is -2.16. The fraction of sp³-hybridized carbons (Fsp3) is 0.292. The Kier molecular flexibility index (Phi) is 5.56. The Hall–Kier alpha value is -3.21. The van der Waals surface area contributed by atoms with Crippen molar-refractivity contribution < 1.29 is 9.59 Å². The summed E-state index contributed by atoms with van der Waals surface area (Å²) in [6.07, 6.45) is 7.48. The Labute approximate surface area is 171 Å². The minimum Gasteiger partial charge on any atom is -0.341 e. The third kappa shape index (κ3) is 4.45. The maximum absolute atomic E-state index is 12.5. The van der Waals surface area contributed by atoms with Crippen LogP contribution in [0.2, 0.25) is 0 Å². The van der Waals surface area contributed by atoms with E-state index in [-0.39, 0.29) is 24.5 Å². The molecule has 29 heavy (non-hydrogen) atoms. The first-order chi connectivity index (χ1) is 14.1. The highest BCUT2D eigenvalue weighted by Crippen LogP contribution is 2.23. The molecule has 0 N–H and O–H groups in total. The number of rotatable bonds is 7. The van der Waals surface area contributed by atoms with E-state index in [2.05, 4.69) is 11.2 Å². The molecule has 1 heterocycles. The average Bonchev–Trinajstić information content (AvgIpc) is 3.41. The topological polar surface area (TPSA) is 55.2 Å². The molecule has 5 heteroatoms. The van der Waals surface area contributed by atoms with Crippen molar-refractivity contribution in [3.63, 3.8) is 0 Å². The molecule has 5 nitrogen and oxygen atoms in total. The van der Waals surface area contributed by atoms with Crippen molar-refractivity contribution in [2.75, 3.05) is 7.05 Å². The number of Topliss-reactive ketones (excluding diaryl/α,β-unsaturated/α-hetero) is 1. The molecule has 2 aromatic carbocycles. The molecule has 0 bridgehead atoms. The van der Waals surface area contributed by atoms with Gasteiger partial charge in [-0.25, -0.2) is 4.68 Å². The van der Waals surface area contributed by atoms with Crippen LogP contribution in [0.1, 0.15) is 46.3 Å². The number of fused-ring (bicyclic) bond motifs is 1. The van der Waals surface area contributed by atoms with E-state index >= 15 is 0 Å². The molecule has 0 aliphatic heterocycles. The average molecular weight is 387 g/mol. The first kappa shape index (κ1) is 19.1. The van der Waals surface area contributed by atoms with Gasteiger partial charge in [-0.1, -0.05) is 30.3 Å². The SMILES string of the molecule is CN(Cc1cnn(-c2ccccc2)c1)C(=O)CCC(=O)c1ccc2c(c1)CCC2. The van der Waals surface area contributed by atoms with Gasteiger partial charge < -0.3 is 4.90 Å². The van der Waals surface area contributed by atoms with Crippen LogP contribution in [0.15, 0.2) is 60.9 Å². The summed E-state index contributed by atoms with van der Waals surface area (Å²) in [7, 11) is 1.77. The van der Waals surface area contributed by atoms with E-state index in [4.69, 9.17) is 0 Å². The van der Waals surface area contributed by atoms with E-state index in [9.17, 15) is 9.59 Å². The van der Waals surface area contributed by atoms with Crippen LogP contribution in [0, 0.1) is 0 Å². The number of aromatic nitrogens is 2. The van der Waals surface area contributed by atoms with E-state index in [0.29, 0.717) is 6.54 Å². The lowest BCUT2D eigenvalue weighted by Crippen LogP contribution is -2.26. The van der Waals surface area contributed by atoms with Gasteiger partial charge in [0.15, 0.2) is 5.78 Å². The van der Waals surface area contributed by atoms with E-state index in [1.807, 2.05) is 48.7 Å². The van der Waals surface area contributed by atoms with Gasteiger partial charge in [-0.15, -0.1) is 0 Å². The van der Waals surface area contributed by atoms with Crippen LogP contribution in [0.3, 0.4) is 0 Å². The van der Waals surface area contributed by atoms with Gasteiger partial charge in [0.1, 0.15) is 0 Å². The number of carbonyl (C=O) groups is 2. The standard InChI is InChI=1S/C24H25N3O2/c1-26(16-18-15-25-27(17-18)22-8-3-2-4-9-22)24(29)13-12-23(28)21-11-10-19-6-5-7-20(19)14-21/h2-4,8-11,14-15,17H,5-7,12-13,16H2,1H3. The van der Waals surface area contributed by atoms with Crippen molar-refractivity contribution in [3.05, 3.63) is 83.2 Å². The van der Waals surface area contributed by atoms with Crippen molar-refractivity contribution in [2.45, 2.75) is 38.6 Å². The first-order valence-electron chi connectivity index (χ1n) is 10.1. The lowest BCUT2D eigenvalue weighted by atomic mass is 10.0. The summed E-state index contributed by atoms with van der Waals surface area (Å²) in [5.74, 6) is 0.00492. The third-order valence-electron chi connectivity index (χ3n) is 5.49. The molecule has 148 valence electrons. The highest BCUT2D eigenvalue weighted by Gasteiger charge is 2.16. The van der Waals surface area contributed by atoms with Crippen LogP contribution in [-0.4, -0.2) is 33.4 Å². The van der Waals surface area contributed by atoms with Crippen LogP contribution in [-0.2, 0) is 24.2 Å². The maximum Gasteiger partial charge on any atom is 0.223 e. The number of carbonyl (C=O) groups excluding carboxylic acids is 2. The Morgan fingerprint density at radius 1 is 1.03 bits per heavy atom. The second-order valence-electron chi connectivity index (χ2n) is 7.64. The summed E-state index contributed by atoms with van der Waals surface area (Å²) in [6, 6.07) is 15.8. The van der Waals surface area contributed by atoms with Gasteiger partial charge in [0.05, 0.1) is 11.9 Å². The number of hydrogen-bond acceptors (Lipinski definition) is 3. The van der Waals surface area contributed by atoms with Crippen LogP contribution >= 0.6 is 0 Å². The first-order valence-corrected chi connectivity index (χ1v) is 10.1. The molecule has 0 unspecified atom stereocenters. The van der Waals surface area contributed by atoms with Gasteiger partial charge in [0.25, 0.3) is 0 Å². The zero-order valence-electron chi connectivity index (χ0n) is 16.7. The van der Waals surface area contributed by atoms with Gasteiger partial charge in [-0.05, 0) is 48.6 Å². The molecule has 1 aliphatic rings. The second-order valence-corrected chi connectivity index (χ2v) is 7.64. The molecule has 0 fully saturated rings. The quantitative estimate of drug-likeness (QED) is 0.576. The molecule has 1 aliphatic carbocycles. The summed E-state index contributed by atoms with van der Waals surface area (Å²) >= 11 is 0. The fourth-order valence-corrected chi connectivity index (χ4v) is 3.83. The minimum absolute atomic E-state index is 0.0352. The predicted molar refractivity (Wildman–Crippen MR) is 112 cm³/mol. The summed E-state index contributed by atoms with van der Waals surface area (Å²) in [5, 5.41) is 4.37. The number of aryl methyl sites for hydroxylation is 2. The number of ketones is 1. The van der Waals surface area contributed by atoms with E-state index in [1.54, 1.807) is 22.8 Å². The molecule has 4 rings (SSSR count). The second kappa shape index (κ2) is 8.43. The van der Waals surface area contributed by atoms with E-state index < -0.39 is 0 Å². The number of nitrogens with zero attached hydrogens (tertiary/aromatic N) is 3. The van der Waals surface area contributed by atoms with Gasteiger partial charge in [-0.2, -0.15) is 5.10 Å². The molecule has 0 saturated carbocycles. The van der Waals surface area contributed by atoms with Crippen LogP contribution in [0.25, 0.3) is 5.69 Å². The molecule has 0 spiro atoms. The van der Waals surface area contributed by atoms with Gasteiger partial charge >= 0.3 is 0 Å². The highest BCUT2D eigenvalue weighted by molar-refractivity contribution is 5.98. The molecular weight excluding hydrogens is 362 g/mol. The normalized spacial score (nSPS) is 12.6. The van der Waals surface area contributed by atoms with Crippen molar-refractivity contribution in [1.29, 1.82) is 0 Å². The maximum atomic E-state index is 12.5. The fourth-order valence-electron chi connectivity index (χ4n) is 3.83. The summed E-state index contributed by atoms with van der Waals surface area (Å²) < 4.78 is 1.80. The predicted octanol–water partition coefficient (Wildman–Crippen LogP) is 3.98.